The standard InChI is InChI=1S/C27H42N4O5S/c1-6-31(17-22-20(2)37(34,35)30(5)27(22)15-11-8-12-16-27)24(32)23(29-25(33)26(3,4)28)19-36-18-21-13-9-7-10-14-21/h7,9-10,13-14,23H,6,8,11-12,15-19,28H2,1-5H3,(H,29,33)/t23-/m1/s1. The Hall–Kier alpha value is -2.27. The van der Waals surface area contributed by atoms with Crippen molar-refractivity contribution in [1.82, 2.24) is 14.5 Å². The molecule has 2 aliphatic rings. The summed E-state index contributed by atoms with van der Waals surface area (Å²) in [5, 5.41) is 2.77. The van der Waals surface area contributed by atoms with Crippen molar-refractivity contribution in [2.45, 2.75) is 83.5 Å². The second kappa shape index (κ2) is 11.6. The normalized spacial score (nSPS) is 20.2. The monoisotopic (exact) mass is 534 g/mol. The van der Waals surface area contributed by atoms with E-state index >= 15 is 0 Å². The van der Waals surface area contributed by atoms with Crippen LogP contribution in [-0.4, -0.2) is 73.3 Å². The van der Waals surface area contributed by atoms with E-state index in [1.54, 1.807) is 32.7 Å². The van der Waals surface area contributed by atoms with Gasteiger partial charge in [-0.2, -0.15) is 4.31 Å². The van der Waals surface area contributed by atoms with Gasteiger partial charge in [0, 0.05) is 20.1 Å². The molecule has 206 valence electrons. The van der Waals surface area contributed by atoms with E-state index in [0.717, 1.165) is 43.2 Å². The third kappa shape index (κ3) is 6.25. The number of hydrogen-bond donors (Lipinski definition) is 2. The van der Waals surface area contributed by atoms with Crippen LogP contribution in [0, 0.1) is 0 Å². The Bertz CT molecular complexity index is 1110. The molecule has 1 spiro atoms. The van der Waals surface area contributed by atoms with Gasteiger partial charge in [-0.05, 0) is 51.7 Å². The van der Waals surface area contributed by atoms with E-state index in [0.29, 0.717) is 11.4 Å². The quantitative estimate of drug-likeness (QED) is 0.476. The van der Waals surface area contributed by atoms with Crippen LogP contribution in [0.25, 0.3) is 0 Å². The lowest BCUT2D eigenvalue weighted by atomic mass is 9.76. The van der Waals surface area contributed by atoms with E-state index in [2.05, 4.69) is 5.32 Å². The Morgan fingerprint density at radius 3 is 2.38 bits per heavy atom. The second-order valence-electron chi connectivity index (χ2n) is 10.7. The number of carbonyl (C=O) groups is 2. The molecule has 1 aliphatic carbocycles. The number of amides is 2. The largest absolute Gasteiger partial charge is 0.374 e. The first kappa shape index (κ1) is 29.3. The van der Waals surface area contributed by atoms with Crippen LogP contribution < -0.4 is 11.1 Å². The van der Waals surface area contributed by atoms with Crippen molar-refractivity contribution in [2.75, 3.05) is 26.7 Å². The third-order valence-corrected chi connectivity index (χ3v) is 9.74. The molecule has 37 heavy (non-hydrogen) atoms. The van der Waals surface area contributed by atoms with Crippen LogP contribution in [0.1, 0.15) is 65.4 Å². The van der Waals surface area contributed by atoms with Gasteiger partial charge in [-0.3, -0.25) is 9.59 Å². The molecule has 0 aromatic heterocycles. The molecule has 1 aliphatic heterocycles. The number of likely N-dealkylation sites (N-methyl/N-ethyl adjacent to an activating group) is 2. The van der Waals surface area contributed by atoms with Crippen molar-refractivity contribution in [3.8, 4) is 0 Å². The number of nitrogens with one attached hydrogen (secondary N) is 1. The molecule has 0 bridgehead atoms. The van der Waals surface area contributed by atoms with E-state index in [-0.39, 0.29) is 25.7 Å². The summed E-state index contributed by atoms with van der Waals surface area (Å²) >= 11 is 0. The van der Waals surface area contributed by atoms with E-state index in [1.807, 2.05) is 37.3 Å². The molecule has 1 heterocycles. The van der Waals surface area contributed by atoms with Gasteiger partial charge in [0.2, 0.25) is 21.8 Å². The number of sulfonamides is 1. The second-order valence-corrected chi connectivity index (χ2v) is 12.8. The number of rotatable bonds is 10. The van der Waals surface area contributed by atoms with Crippen LogP contribution in [0.2, 0.25) is 0 Å². The van der Waals surface area contributed by atoms with Crippen LogP contribution in [0.3, 0.4) is 0 Å². The molecular weight excluding hydrogens is 492 g/mol. The molecule has 0 unspecified atom stereocenters. The molecule has 0 saturated heterocycles. The molecule has 1 fully saturated rings. The lowest BCUT2D eigenvalue weighted by Gasteiger charge is -2.42. The Morgan fingerprint density at radius 1 is 1.19 bits per heavy atom. The van der Waals surface area contributed by atoms with Crippen LogP contribution in [0.4, 0.5) is 0 Å². The molecule has 2 amide bonds. The fourth-order valence-corrected chi connectivity index (χ4v) is 6.99. The summed E-state index contributed by atoms with van der Waals surface area (Å²) in [6.07, 6.45) is 4.43. The SMILES string of the molecule is CCN(CC1=C(C)S(=O)(=O)N(C)C12CCCCC2)C(=O)[C@@H](COCc1ccccc1)NC(=O)C(C)(C)N. The minimum atomic E-state index is -3.58. The lowest BCUT2D eigenvalue weighted by molar-refractivity contribution is -0.139. The summed E-state index contributed by atoms with van der Waals surface area (Å²) in [5.74, 6) is -0.793. The number of hydrogen-bond acceptors (Lipinski definition) is 6. The maximum absolute atomic E-state index is 13.8. The first-order chi connectivity index (χ1) is 17.3. The average Bonchev–Trinajstić information content (AvgIpc) is 2.99. The van der Waals surface area contributed by atoms with Gasteiger partial charge in [-0.25, -0.2) is 8.42 Å². The molecule has 1 aromatic carbocycles. The summed E-state index contributed by atoms with van der Waals surface area (Å²) in [7, 11) is -1.93. The first-order valence-corrected chi connectivity index (χ1v) is 14.5. The number of carbonyl (C=O) groups excluding carboxylic acids is 2. The van der Waals surface area contributed by atoms with Gasteiger partial charge in [0.05, 0.1) is 29.2 Å². The van der Waals surface area contributed by atoms with Crippen molar-refractivity contribution >= 4 is 21.8 Å². The fraction of sp³-hybridized carbons (Fsp3) is 0.630. The summed E-state index contributed by atoms with van der Waals surface area (Å²) in [5.41, 5.74) is 5.94. The number of benzene rings is 1. The van der Waals surface area contributed by atoms with Gasteiger partial charge in [-0.15, -0.1) is 0 Å². The lowest BCUT2D eigenvalue weighted by Crippen LogP contribution is -2.58. The minimum Gasteiger partial charge on any atom is -0.374 e. The van der Waals surface area contributed by atoms with Gasteiger partial charge < -0.3 is 20.7 Å². The van der Waals surface area contributed by atoms with Crippen molar-refractivity contribution < 1.29 is 22.7 Å². The highest BCUT2D eigenvalue weighted by atomic mass is 32.2. The number of ether oxygens (including phenoxy) is 1. The van der Waals surface area contributed by atoms with Crippen LogP contribution >= 0.6 is 0 Å². The van der Waals surface area contributed by atoms with Gasteiger partial charge in [0.25, 0.3) is 0 Å². The van der Waals surface area contributed by atoms with Crippen molar-refractivity contribution in [3.63, 3.8) is 0 Å². The summed E-state index contributed by atoms with van der Waals surface area (Å²) < 4.78 is 33.7. The Morgan fingerprint density at radius 2 is 1.81 bits per heavy atom. The summed E-state index contributed by atoms with van der Waals surface area (Å²) in [6, 6.07) is 8.61. The summed E-state index contributed by atoms with van der Waals surface area (Å²) in [4.78, 5) is 28.5. The first-order valence-electron chi connectivity index (χ1n) is 13.0. The zero-order chi connectivity index (χ0) is 27.4. The highest BCUT2D eigenvalue weighted by Crippen LogP contribution is 2.48. The molecule has 1 atom stereocenters. The number of allylic oxidation sites excluding steroid dienone is 1. The van der Waals surface area contributed by atoms with Gasteiger partial charge >= 0.3 is 0 Å². The van der Waals surface area contributed by atoms with E-state index in [9.17, 15) is 18.0 Å². The number of nitrogens with two attached hydrogens (primary N) is 1. The average molecular weight is 535 g/mol. The van der Waals surface area contributed by atoms with Crippen LogP contribution in [0.5, 0.6) is 0 Å². The topological polar surface area (TPSA) is 122 Å². The van der Waals surface area contributed by atoms with Gasteiger partial charge in [0.1, 0.15) is 6.04 Å². The summed E-state index contributed by atoms with van der Waals surface area (Å²) in [6.45, 7) is 7.43. The molecule has 1 saturated carbocycles. The van der Waals surface area contributed by atoms with Crippen molar-refractivity contribution in [2.24, 2.45) is 5.73 Å². The maximum Gasteiger partial charge on any atom is 0.247 e. The Balaban J connectivity index is 1.85. The molecule has 3 N–H and O–H groups in total. The molecule has 0 radical (unpaired) electrons. The fourth-order valence-electron chi connectivity index (χ4n) is 5.27. The number of nitrogens with zero attached hydrogens (tertiary/aromatic N) is 2. The molecule has 9 nitrogen and oxygen atoms in total. The van der Waals surface area contributed by atoms with E-state index in [4.69, 9.17) is 10.5 Å². The minimum absolute atomic E-state index is 0.0343. The van der Waals surface area contributed by atoms with E-state index < -0.39 is 33.1 Å². The predicted octanol–water partition coefficient (Wildman–Crippen LogP) is 2.53. The predicted molar refractivity (Wildman–Crippen MR) is 144 cm³/mol. The van der Waals surface area contributed by atoms with Gasteiger partial charge in [0.15, 0.2) is 0 Å². The Labute approximate surface area is 221 Å². The van der Waals surface area contributed by atoms with Gasteiger partial charge in [-0.1, -0.05) is 49.6 Å². The Kier molecular flexibility index (Phi) is 9.21. The van der Waals surface area contributed by atoms with E-state index in [1.165, 1.54) is 4.31 Å². The van der Waals surface area contributed by atoms with Crippen molar-refractivity contribution in [1.29, 1.82) is 0 Å². The highest BCUT2D eigenvalue weighted by molar-refractivity contribution is 7.93. The maximum atomic E-state index is 13.8. The van der Waals surface area contributed by atoms with Crippen molar-refractivity contribution in [3.05, 3.63) is 46.4 Å². The van der Waals surface area contributed by atoms with Crippen LogP contribution in [0.15, 0.2) is 40.8 Å². The molecule has 10 heteroatoms. The van der Waals surface area contributed by atoms with Crippen LogP contribution in [-0.2, 0) is 31.0 Å². The molecular formula is C27H42N4O5S. The third-order valence-electron chi connectivity index (χ3n) is 7.64. The molecule has 3 rings (SSSR count). The zero-order valence-electron chi connectivity index (χ0n) is 22.7. The molecule has 1 aromatic rings. The highest BCUT2D eigenvalue weighted by Gasteiger charge is 2.52. The smallest absolute Gasteiger partial charge is 0.247 e. The zero-order valence-corrected chi connectivity index (χ0v) is 23.6.